The molecule has 1 N–H and O–H groups in total. The number of aliphatic carboxylic acids is 1. The van der Waals surface area contributed by atoms with Crippen LogP contribution in [0.5, 0.6) is 17.2 Å². The average molecular weight is 558 g/mol. The molecule has 1 amide bonds. The summed E-state index contributed by atoms with van der Waals surface area (Å²) < 4.78 is 18.4. The van der Waals surface area contributed by atoms with E-state index in [0.717, 1.165) is 23.4 Å². The summed E-state index contributed by atoms with van der Waals surface area (Å²) in [6.07, 6.45) is 1.06. The second kappa shape index (κ2) is 13.4. The van der Waals surface area contributed by atoms with Crippen molar-refractivity contribution in [3.63, 3.8) is 0 Å². The number of methoxy groups -OCH3 is 2. The molecule has 210 valence electrons. The standard InChI is InChI=1S/C29H36ClN3O6/c1-18(2)11-14-26(34)33(22-12-13-24(37-5)29(38-6)28(22)30)16-25-31-19(3)20(4)32(25)15-21-9-7-8-10-23(21)39-17-27(35)36/h7-10,12-13,18H,11,14-17H2,1-6H3,(H,35,36). The van der Waals surface area contributed by atoms with Crippen LogP contribution in [0, 0.1) is 19.8 Å². The predicted molar refractivity (Wildman–Crippen MR) is 150 cm³/mol. The van der Waals surface area contributed by atoms with Crippen molar-refractivity contribution in [3.05, 3.63) is 64.2 Å². The number of hydrogen-bond acceptors (Lipinski definition) is 6. The molecule has 3 rings (SSSR count). The highest BCUT2D eigenvalue weighted by Gasteiger charge is 2.26. The molecule has 0 atom stereocenters. The molecule has 39 heavy (non-hydrogen) atoms. The molecular formula is C29H36ClN3O6. The number of carbonyl (C=O) groups is 2. The van der Waals surface area contributed by atoms with Crippen molar-refractivity contribution in [2.45, 2.75) is 53.6 Å². The number of nitrogens with zero attached hydrogens (tertiary/aromatic N) is 3. The van der Waals surface area contributed by atoms with Crippen molar-refractivity contribution < 1.29 is 28.9 Å². The fourth-order valence-electron chi connectivity index (χ4n) is 4.22. The fourth-order valence-corrected chi connectivity index (χ4v) is 4.56. The van der Waals surface area contributed by atoms with E-state index in [1.165, 1.54) is 14.2 Å². The normalized spacial score (nSPS) is 11.0. The summed E-state index contributed by atoms with van der Waals surface area (Å²) in [5.74, 6) is 1.15. The van der Waals surface area contributed by atoms with Gasteiger partial charge in [-0.3, -0.25) is 4.79 Å². The number of para-hydroxylation sites is 1. The number of halogens is 1. The first-order valence-electron chi connectivity index (χ1n) is 12.7. The number of ether oxygens (including phenoxy) is 3. The van der Waals surface area contributed by atoms with E-state index in [1.54, 1.807) is 29.2 Å². The molecule has 0 aliphatic carbocycles. The number of amides is 1. The number of carboxylic acids is 1. The highest BCUT2D eigenvalue weighted by molar-refractivity contribution is 6.35. The number of imidazole rings is 1. The minimum atomic E-state index is -1.05. The lowest BCUT2D eigenvalue weighted by Gasteiger charge is -2.26. The molecule has 1 heterocycles. The lowest BCUT2D eigenvalue weighted by Crippen LogP contribution is -2.32. The van der Waals surface area contributed by atoms with Gasteiger partial charge in [-0.15, -0.1) is 0 Å². The second-order valence-corrected chi connectivity index (χ2v) is 10.00. The first-order valence-corrected chi connectivity index (χ1v) is 13.1. The van der Waals surface area contributed by atoms with Crippen LogP contribution in [-0.4, -0.2) is 47.4 Å². The number of aromatic nitrogens is 2. The molecule has 3 aromatic rings. The third-order valence-corrected chi connectivity index (χ3v) is 6.85. The van der Waals surface area contributed by atoms with Gasteiger partial charge >= 0.3 is 5.97 Å². The molecule has 0 fully saturated rings. The number of carboxylic acid groups (broad SMARTS) is 1. The zero-order valence-electron chi connectivity index (χ0n) is 23.3. The Hall–Kier alpha value is -3.72. The summed E-state index contributed by atoms with van der Waals surface area (Å²) >= 11 is 6.76. The molecule has 0 unspecified atom stereocenters. The number of carbonyl (C=O) groups excluding carboxylic acids is 1. The average Bonchev–Trinajstić information content (AvgIpc) is 3.17. The highest BCUT2D eigenvalue weighted by Crippen LogP contribution is 2.42. The van der Waals surface area contributed by atoms with Gasteiger partial charge in [0, 0.05) is 17.7 Å². The number of benzene rings is 2. The summed E-state index contributed by atoms with van der Waals surface area (Å²) in [7, 11) is 3.03. The molecular weight excluding hydrogens is 522 g/mol. The van der Waals surface area contributed by atoms with Crippen LogP contribution in [0.1, 0.15) is 49.5 Å². The molecule has 0 radical (unpaired) electrons. The van der Waals surface area contributed by atoms with E-state index in [0.29, 0.717) is 47.6 Å². The summed E-state index contributed by atoms with van der Waals surface area (Å²) in [5.41, 5.74) is 3.04. The van der Waals surface area contributed by atoms with Crippen LogP contribution < -0.4 is 19.1 Å². The van der Waals surface area contributed by atoms with Crippen LogP contribution in [0.3, 0.4) is 0 Å². The number of hydrogen-bond donors (Lipinski definition) is 1. The molecule has 0 spiro atoms. The third-order valence-electron chi connectivity index (χ3n) is 6.48. The Bertz CT molecular complexity index is 1320. The minimum Gasteiger partial charge on any atom is -0.493 e. The van der Waals surface area contributed by atoms with Crippen LogP contribution in [0.2, 0.25) is 5.02 Å². The fraction of sp³-hybridized carbons (Fsp3) is 0.414. The van der Waals surface area contributed by atoms with Crippen molar-refractivity contribution in [3.8, 4) is 17.2 Å². The van der Waals surface area contributed by atoms with Crippen LogP contribution in [0.15, 0.2) is 36.4 Å². The van der Waals surface area contributed by atoms with Crippen molar-refractivity contribution in [2.24, 2.45) is 5.92 Å². The summed E-state index contributed by atoms with van der Waals surface area (Å²) in [6.45, 7) is 8.12. The van der Waals surface area contributed by atoms with Gasteiger partial charge in [0.05, 0.1) is 38.7 Å². The lowest BCUT2D eigenvalue weighted by molar-refractivity contribution is -0.139. The molecule has 10 heteroatoms. The Morgan fingerprint density at radius 2 is 1.79 bits per heavy atom. The quantitative estimate of drug-likeness (QED) is 0.289. The van der Waals surface area contributed by atoms with E-state index < -0.39 is 12.6 Å². The molecule has 0 saturated heterocycles. The Morgan fingerprint density at radius 1 is 1.08 bits per heavy atom. The largest absolute Gasteiger partial charge is 0.493 e. The van der Waals surface area contributed by atoms with Gasteiger partial charge in [-0.1, -0.05) is 43.6 Å². The monoisotopic (exact) mass is 557 g/mol. The second-order valence-electron chi connectivity index (χ2n) is 9.62. The van der Waals surface area contributed by atoms with Gasteiger partial charge in [0.1, 0.15) is 16.6 Å². The van der Waals surface area contributed by atoms with E-state index in [4.69, 9.17) is 35.9 Å². The summed E-state index contributed by atoms with van der Waals surface area (Å²) in [4.78, 5) is 31.1. The molecule has 1 aromatic heterocycles. The zero-order valence-corrected chi connectivity index (χ0v) is 24.0. The van der Waals surface area contributed by atoms with Crippen molar-refractivity contribution in [2.75, 3.05) is 25.7 Å². The van der Waals surface area contributed by atoms with Gasteiger partial charge in [-0.05, 0) is 44.4 Å². The maximum absolute atomic E-state index is 13.6. The Balaban J connectivity index is 2.04. The van der Waals surface area contributed by atoms with Crippen LogP contribution in [0.25, 0.3) is 0 Å². The molecule has 0 bridgehead atoms. The highest BCUT2D eigenvalue weighted by atomic mass is 35.5. The van der Waals surface area contributed by atoms with E-state index in [-0.39, 0.29) is 17.5 Å². The van der Waals surface area contributed by atoms with E-state index in [1.807, 2.05) is 30.5 Å². The third kappa shape index (κ3) is 7.23. The van der Waals surface area contributed by atoms with Crippen LogP contribution in [0.4, 0.5) is 5.69 Å². The molecule has 0 saturated carbocycles. The zero-order chi connectivity index (χ0) is 28.7. The van der Waals surface area contributed by atoms with Crippen molar-refractivity contribution in [1.29, 1.82) is 0 Å². The Labute approximate surface area is 234 Å². The van der Waals surface area contributed by atoms with E-state index in [2.05, 4.69) is 13.8 Å². The number of aryl methyl sites for hydroxylation is 1. The first kappa shape index (κ1) is 29.8. The smallest absolute Gasteiger partial charge is 0.341 e. The maximum Gasteiger partial charge on any atom is 0.341 e. The molecule has 9 nitrogen and oxygen atoms in total. The first-order chi connectivity index (χ1) is 18.6. The maximum atomic E-state index is 13.6. The number of rotatable bonds is 13. The SMILES string of the molecule is COc1ccc(N(Cc2nc(C)c(C)n2Cc2ccccc2OCC(=O)O)C(=O)CCC(C)C)c(Cl)c1OC. The molecule has 0 aliphatic rings. The van der Waals surface area contributed by atoms with Gasteiger partial charge in [-0.25, -0.2) is 9.78 Å². The van der Waals surface area contributed by atoms with Crippen LogP contribution >= 0.6 is 11.6 Å². The van der Waals surface area contributed by atoms with Gasteiger partial charge < -0.3 is 28.8 Å². The summed E-state index contributed by atoms with van der Waals surface area (Å²) in [6, 6.07) is 10.8. The molecule has 0 aliphatic heterocycles. The van der Waals surface area contributed by atoms with Gasteiger partial charge in [0.2, 0.25) is 5.91 Å². The predicted octanol–water partition coefficient (Wildman–Crippen LogP) is 5.65. The van der Waals surface area contributed by atoms with Gasteiger partial charge in [0.25, 0.3) is 0 Å². The summed E-state index contributed by atoms with van der Waals surface area (Å²) in [5, 5.41) is 9.34. The number of anilines is 1. The Kier molecular flexibility index (Phi) is 10.2. The van der Waals surface area contributed by atoms with Crippen molar-refractivity contribution in [1.82, 2.24) is 9.55 Å². The minimum absolute atomic E-state index is 0.0899. The molecule has 2 aromatic carbocycles. The Morgan fingerprint density at radius 3 is 2.44 bits per heavy atom. The topological polar surface area (TPSA) is 103 Å². The van der Waals surface area contributed by atoms with Crippen molar-refractivity contribution >= 4 is 29.2 Å². The lowest BCUT2D eigenvalue weighted by atomic mass is 10.1. The van der Waals surface area contributed by atoms with E-state index in [9.17, 15) is 9.59 Å². The van der Waals surface area contributed by atoms with Gasteiger partial charge in [-0.2, -0.15) is 0 Å². The van der Waals surface area contributed by atoms with Crippen LogP contribution in [-0.2, 0) is 22.7 Å². The van der Waals surface area contributed by atoms with E-state index >= 15 is 0 Å². The van der Waals surface area contributed by atoms with Gasteiger partial charge in [0.15, 0.2) is 18.1 Å².